The van der Waals surface area contributed by atoms with Crippen molar-refractivity contribution in [3.8, 4) is 0 Å². The predicted octanol–water partition coefficient (Wildman–Crippen LogP) is 2.69. The molecular weight excluding hydrogens is 296 g/mol. The van der Waals surface area contributed by atoms with Gasteiger partial charge in [0.15, 0.2) is 0 Å². The summed E-state index contributed by atoms with van der Waals surface area (Å²) in [6.07, 6.45) is 3.76. The van der Waals surface area contributed by atoms with Crippen molar-refractivity contribution >= 4 is 17.2 Å². The first kappa shape index (κ1) is 17.4. The maximum atomic E-state index is 12.3. The van der Waals surface area contributed by atoms with Crippen LogP contribution in [0.25, 0.3) is 0 Å². The van der Waals surface area contributed by atoms with Crippen LogP contribution in [0, 0.1) is 6.92 Å². The zero-order valence-electron chi connectivity index (χ0n) is 13.8. The first-order valence-corrected chi connectivity index (χ1v) is 9.10. The van der Waals surface area contributed by atoms with Gasteiger partial charge in [-0.05, 0) is 50.6 Å². The number of amides is 1. The molecule has 1 heterocycles. The number of hydrogen-bond donors (Lipinski definition) is 2. The van der Waals surface area contributed by atoms with Crippen molar-refractivity contribution in [3.05, 3.63) is 21.9 Å². The van der Waals surface area contributed by atoms with E-state index in [0.29, 0.717) is 13.1 Å². The Labute approximate surface area is 137 Å². The third kappa shape index (κ3) is 4.54. The van der Waals surface area contributed by atoms with Crippen LogP contribution in [0.1, 0.15) is 50.0 Å². The van der Waals surface area contributed by atoms with E-state index in [1.807, 2.05) is 0 Å². The normalized spacial score (nSPS) is 22.3. The van der Waals surface area contributed by atoms with Gasteiger partial charge in [-0.15, -0.1) is 11.3 Å². The molecule has 1 aliphatic rings. The van der Waals surface area contributed by atoms with E-state index in [2.05, 4.69) is 42.4 Å². The highest BCUT2D eigenvalue weighted by Crippen LogP contribution is 2.24. The van der Waals surface area contributed by atoms with Crippen LogP contribution >= 0.6 is 11.3 Å². The Hall–Kier alpha value is -0.910. The summed E-state index contributed by atoms with van der Waals surface area (Å²) >= 11 is 1.68. The Morgan fingerprint density at radius 3 is 2.77 bits per heavy atom. The van der Waals surface area contributed by atoms with E-state index in [-0.39, 0.29) is 24.1 Å². The molecule has 1 fully saturated rings. The second kappa shape index (κ2) is 8.09. The number of nitrogens with one attached hydrogen (secondary N) is 1. The molecule has 4 nitrogen and oxygen atoms in total. The van der Waals surface area contributed by atoms with Crippen LogP contribution < -0.4 is 5.32 Å². The molecule has 2 rings (SSSR count). The number of nitrogens with zero attached hydrogens (tertiary/aromatic N) is 1. The molecule has 2 N–H and O–H groups in total. The van der Waals surface area contributed by atoms with Crippen LogP contribution in [0.5, 0.6) is 0 Å². The van der Waals surface area contributed by atoms with Crippen molar-refractivity contribution in [1.29, 1.82) is 0 Å². The molecular formula is C17H28N2O2S. The van der Waals surface area contributed by atoms with Crippen LogP contribution in [-0.4, -0.2) is 40.6 Å². The lowest BCUT2D eigenvalue weighted by molar-refractivity contribution is -0.124. The van der Waals surface area contributed by atoms with Crippen molar-refractivity contribution in [2.24, 2.45) is 0 Å². The molecule has 0 spiro atoms. The number of aliphatic hydroxyl groups is 1. The summed E-state index contributed by atoms with van der Waals surface area (Å²) in [4.78, 5) is 15.6. The number of carbonyl (C=O) groups is 1. The maximum Gasteiger partial charge on any atom is 0.234 e. The average Bonchev–Trinajstić information content (AvgIpc) is 2.88. The zero-order valence-corrected chi connectivity index (χ0v) is 14.7. The molecule has 1 amide bonds. The Morgan fingerprint density at radius 1 is 1.45 bits per heavy atom. The molecule has 124 valence electrons. The average molecular weight is 324 g/mol. The molecule has 1 aliphatic carbocycles. The number of rotatable bonds is 6. The van der Waals surface area contributed by atoms with Crippen molar-refractivity contribution in [2.45, 2.75) is 71.2 Å². The molecule has 0 radical (unpaired) electrons. The van der Waals surface area contributed by atoms with E-state index in [4.69, 9.17) is 0 Å². The van der Waals surface area contributed by atoms with E-state index < -0.39 is 0 Å². The van der Waals surface area contributed by atoms with Crippen LogP contribution in [0.4, 0.5) is 0 Å². The van der Waals surface area contributed by atoms with Gasteiger partial charge in [-0.2, -0.15) is 0 Å². The van der Waals surface area contributed by atoms with Gasteiger partial charge in [-0.25, -0.2) is 0 Å². The monoisotopic (exact) mass is 324 g/mol. The lowest BCUT2D eigenvalue weighted by Gasteiger charge is -2.39. The Morgan fingerprint density at radius 2 is 2.18 bits per heavy atom. The van der Waals surface area contributed by atoms with E-state index >= 15 is 0 Å². The predicted molar refractivity (Wildman–Crippen MR) is 91.0 cm³/mol. The molecule has 1 aromatic rings. The number of aryl methyl sites for hydroxylation is 1. The molecule has 22 heavy (non-hydrogen) atoms. The minimum Gasteiger partial charge on any atom is -0.391 e. The van der Waals surface area contributed by atoms with Gasteiger partial charge in [-0.3, -0.25) is 9.69 Å². The van der Waals surface area contributed by atoms with Crippen LogP contribution in [0.2, 0.25) is 0 Å². The first-order valence-electron chi connectivity index (χ1n) is 8.22. The molecule has 2 atom stereocenters. The highest BCUT2D eigenvalue weighted by atomic mass is 32.1. The highest BCUT2D eigenvalue weighted by molar-refractivity contribution is 7.10. The molecule has 5 heteroatoms. The minimum atomic E-state index is -0.302. The number of thiophene rings is 1. The topological polar surface area (TPSA) is 52.6 Å². The second-order valence-electron chi connectivity index (χ2n) is 6.49. The molecule has 1 saturated carbocycles. The lowest BCUT2D eigenvalue weighted by Crippen LogP contribution is -2.52. The minimum absolute atomic E-state index is 0.0410. The Bertz CT molecular complexity index is 487. The molecule has 0 aromatic carbocycles. The molecule has 0 aliphatic heterocycles. The number of aliphatic hydroxyl groups excluding tert-OH is 1. The van der Waals surface area contributed by atoms with E-state index in [0.717, 1.165) is 25.7 Å². The van der Waals surface area contributed by atoms with Crippen LogP contribution in [0.15, 0.2) is 11.4 Å². The summed E-state index contributed by atoms with van der Waals surface area (Å²) in [5.41, 5.74) is 1.23. The quantitative estimate of drug-likeness (QED) is 0.846. The summed E-state index contributed by atoms with van der Waals surface area (Å²) in [6, 6.07) is 2.44. The van der Waals surface area contributed by atoms with Gasteiger partial charge in [0.25, 0.3) is 0 Å². The summed E-state index contributed by atoms with van der Waals surface area (Å²) in [6.45, 7) is 7.22. The third-order valence-electron chi connectivity index (χ3n) is 4.52. The largest absolute Gasteiger partial charge is 0.391 e. The van der Waals surface area contributed by atoms with Gasteiger partial charge in [0.1, 0.15) is 0 Å². The standard InChI is InChI=1S/C17H28N2O2S/c1-12(2)19(14-6-4-5-7-15(14)20)11-17(21)18-10-16-13(3)8-9-22-16/h8-9,12,14-15,20H,4-7,10-11H2,1-3H3,(H,18,21). The molecule has 0 saturated heterocycles. The smallest absolute Gasteiger partial charge is 0.234 e. The maximum absolute atomic E-state index is 12.3. The Balaban J connectivity index is 1.90. The fourth-order valence-electron chi connectivity index (χ4n) is 3.15. The Kier molecular flexibility index (Phi) is 6.41. The second-order valence-corrected chi connectivity index (χ2v) is 7.49. The molecule has 2 unspecified atom stereocenters. The van der Waals surface area contributed by atoms with Gasteiger partial charge in [0.2, 0.25) is 5.91 Å². The summed E-state index contributed by atoms with van der Waals surface area (Å²) in [5, 5.41) is 15.3. The van der Waals surface area contributed by atoms with Crippen molar-refractivity contribution in [3.63, 3.8) is 0 Å². The molecule has 1 aromatic heterocycles. The zero-order chi connectivity index (χ0) is 16.1. The summed E-state index contributed by atoms with van der Waals surface area (Å²) in [5.74, 6) is 0.0410. The first-order chi connectivity index (χ1) is 10.5. The summed E-state index contributed by atoms with van der Waals surface area (Å²) in [7, 11) is 0. The highest BCUT2D eigenvalue weighted by Gasteiger charge is 2.31. The van der Waals surface area contributed by atoms with E-state index in [1.54, 1.807) is 11.3 Å². The van der Waals surface area contributed by atoms with Crippen LogP contribution in [0.3, 0.4) is 0 Å². The fraction of sp³-hybridized carbons (Fsp3) is 0.706. The van der Waals surface area contributed by atoms with Gasteiger partial charge in [0.05, 0.1) is 19.2 Å². The summed E-state index contributed by atoms with van der Waals surface area (Å²) < 4.78 is 0. The van der Waals surface area contributed by atoms with Crippen LogP contribution in [-0.2, 0) is 11.3 Å². The van der Waals surface area contributed by atoms with Crippen molar-refractivity contribution in [1.82, 2.24) is 10.2 Å². The number of carbonyl (C=O) groups excluding carboxylic acids is 1. The van der Waals surface area contributed by atoms with E-state index in [1.165, 1.54) is 10.4 Å². The van der Waals surface area contributed by atoms with Gasteiger partial charge in [0, 0.05) is 17.0 Å². The van der Waals surface area contributed by atoms with Crippen molar-refractivity contribution in [2.75, 3.05) is 6.54 Å². The van der Waals surface area contributed by atoms with Gasteiger partial charge in [-0.1, -0.05) is 12.8 Å². The van der Waals surface area contributed by atoms with Gasteiger partial charge >= 0.3 is 0 Å². The lowest BCUT2D eigenvalue weighted by atomic mass is 9.90. The van der Waals surface area contributed by atoms with Gasteiger partial charge < -0.3 is 10.4 Å². The fourth-order valence-corrected chi connectivity index (χ4v) is 3.99. The van der Waals surface area contributed by atoms with Crippen molar-refractivity contribution < 1.29 is 9.90 Å². The molecule has 0 bridgehead atoms. The van der Waals surface area contributed by atoms with E-state index in [9.17, 15) is 9.90 Å². The number of hydrogen-bond acceptors (Lipinski definition) is 4. The third-order valence-corrected chi connectivity index (χ3v) is 5.55. The SMILES string of the molecule is Cc1ccsc1CNC(=O)CN(C(C)C)C1CCCCC1O.